The van der Waals surface area contributed by atoms with E-state index in [9.17, 15) is 27.6 Å². The lowest BCUT2D eigenvalue weighted by Crippen LogP contribution is -2.40. The van der Waals surface area contributed by atoms with Crippen molar-refractivity contribution in [3.63, 3.8) is 0 Å². The summed E-state index contributed by atoms with van der Waals surface area (Å²) in [4.78, 5) is 35.4. The van der Waals surface area contributed by atoms with Gasteiger partial charge in [-0.2, -0.15) is 13.2 Å². The minimum Gasteiger partial charge on any atom is -0.497 e. The SMILES string of the molecule is COc1cccc(NC(=O)C(=O)NCC(=O)Nc2ccccc2C(F)(F)F)c1. The Morgan fingerprint density at radius 2 is 1.68 bits per heavy atom. The van der Waals surface area contributed by atoms with Gasteiger partial charge in [-0.25, -0.2) is 0 Å². The average Bonchev–Trinajstić information content (AvgIpc) is 2.65. The van der Waals surface area contributed by atoms with Crippen LogP contribution in [0.3, 0.4) is 0 Å². The third-order valence-electron chi connectivity index (χ3n) is 3.45. The molecule has 0 radical (unpaired) electrons. The summed E-state index contributed by atoms with van der Waals surface area (Å²) in [5.74, 6) is -2.63. The molecule has 3 amide bonds. The zero-order valence-electron chi connectivity index (χ0n) is 14.6. The number of benzene rings is 2. The highest BCUT2D eigenvalue weighted by Gasteiger charge is 2.33. The van der Waals surface area contributed by atoms with Gasteiger partial charge in [-0.1, -0.05) is 18.2 Å². The van der Waals surface area contributed by atoms with Crippen molar-refractivity contribution in [3.05, 3.63) is 54.1 Å². The Kier molecular flexibility index (Phi) is 6.59. The molecule has 0 saturated heterocycles. The number of nitrogens with one attached hydrogen (secondary N) is 3. The Labute approximate surface area is 157 Å². The zero-order chi connectivity index (χ0) is 20.7. The maximum Gasteiger partial charge on any atom is 0.418 e. The normalized spacial score (nSPS) is 10.7. The van der Waals surface area contributed by atoms with Crippen molar-refractivity contribution in [2.75, 3.05) is 24.3 Å². The summed E-state index contributed by atoms with van der Waals surface area (Å²) in [5, 5.41) is 6.40. The van der Waals surface area contributed by atoms with Crippen LogP contribution in [-0.4, -0.2) is 31.4 Å². The number of hydrogen-bond acceptors (Lipinski definition) is 4. The lowest BCUT2D eigenvalue weighted by molar-refractivity contribution is -0.137. The molecule has 10 heteroatoms. The van der Waals surface area contributed by atoms with Crippen LogP contribution in [0.1, 0.15) is 5.56 Å². The molecule has 3 N–H and O–H groups in total. The van der Waals surface area contributed by atoms with E-state index in [-0.39, 0.29) is 0 Å². The summed E-state index contributed by atoms with van der Waals surface area (Å²) in [6.07, 6.45) is -4.65. The van der Waals surface area contributed by atoms with E-state index in [0.717, 1.165) is 12.1 Å². The summed E-state index contributed by atoms with van der Waals surface area (Å²) in [5.41, 5.74) is -1.18. The van der Waals surface area contributed by atoms with E-state index in [1.54, 1.807) is 12.1 Å². The molecule has 2 rings (SSSR count). The number of para-hydroxylation sites is 1. The van der Waals surface area contributed by atoms with Gasteiger partial charge in [0.1, 0.15) is 5.75 Å². The van der Waals surface area contributed by atoms with Gasteiger partial charge in [-0.05, 0) is 24.3 Å². The number of anilines is 2. The Bertz CT molecular complexity index is 884. The molecule has 0 fully saturated rings. The van der Waals surface area contributed by atoms with Crippen molar-refractivity contribution in [1.29, 1.82) is 0 Å². The molecule has 0 heterocycles. The van der Waals surface area contributed by atoms with E-state index in [2.05, 4.69) is 10.6 Å². The first-order valence-electron chi connectivity index (χ1n) is 7.90. The minimum absolute atomic E-state index is 0.294. The molecular formula is C18H16F3N3O4. The Morgan fingerprint density at radius 1 is 0.964 bits per heavy atom. The summed E-state index contributed by atoms with van der Waals surface area (Å²) in [6, 6.07) is 10.6. The smallest absolute Gasteiger partial charge is 0.418 e. The maximum atomic E-state index is 12.9. The predicted molar refractivity (Wildman–Crippen MR) is 94.7 cm³/mol. The van der Waals surface area contributed by atoms with Gasteiger partial charge in [0.25, 0.3) is 0 Å². The van der Waals surface area contributed by atoms with Crippen LogP contribution in [0.2, 0.25) is 0 Å². The van der Waals surface area contributed by atoms with Crippen LogP contribution in [0.5, 0.6) is 5.75 Å². The molecular weight excluding hydrogens is 379 g/mol. The third kappa shape index (κ3) is 5.73. The van der Waals surface area contributed by atoms with Gasteiger partial charge >= 0.3 is 18.0 Å². The van der Waals surface area contributed by atoms with Crippen molar-refractivity contribution in [3.8, 4) is 5.75 Å². The number of hydrogen-bond donors (Lipinski definition) is 3. The van der Waals surface area contributed by atoms with Gasteiger partial charge in [0.2, 0.25) is 5.91 Å². The topological polar surface area (TPSA) is 96.5 Å². The Morgan fingerprint density at radius 3 is 2.36 bits per heavy atom. The molecule has 2 aromatic carbocycles. The van der Waals surface area contributed by atoms with E-state index in [1.807, 2.05) is 5.32 Å². The van der Waals surface area contributed by atoms with Crippen molar-refractivity contribution in [2.24, 2.45) is 0 Å². The number of carbonyl (C=O) groups excluding carboxylic acids is 3. The number of methoxy groups -OCH3 is 1. The van der Waals surface area contributed by atoms with E-state index < -0.39 is 41.7 Å². The van der Waals surface area contributed by atoms with Crippen LogP contribution in [0.4, 0.5) is 24.5 Å². The molecule has 0 spiro atoms. The lowest BCUT2D eigenvalue weighted by Gasteiger charge is -2.13. The number of alkyl halides is 3. The first-order valence-corrected chi connectivity index (χ1v) is 7.90. The van der Waals surface area contributed by atoms with E-state index in [1.165, 1.54) is 31.4 Å². The van der Waals surface area contributed by atoms with Crippen molar-refractivity contribution < 1.29 is 32.3 Å². The van der Waals surface area contributed by atoms with Gasteiger partial charge < -0.3 is 20.7 Å². The van der Waals surface area contributed by atoms with Gasteiger partial charge in [-0.3, -0.25) is 14.4 Å². The van der Waals surface area contributed by atoms with Gasteiger partial charge in [0.05, 0.1) is 24.9 Å². The van der Waals surface area contributed by atoms with Crippen LogP contribution < -0.4 is 20.7 Å². The van der Waals surface area contributed by atoms with Crippen molar-refractivity contribution in [2.45, 2.75) is 6.18 Å². The first-order chi connectivity index (χ1) is 13.2. The molecule has 28 heavy (non-hydrogen) atoms. The predicted octanol–water partition coefficient (Wildman–Crippen LogP) is 2.41. The molecule has 0 aliphatic carbocycles. The number of halogens is 3. The summed E-state index contributed by atoms with van der Waals surface area (Å²) in [6.45, 7) is -0.684. The molecule has 0 aromatic heterocycles. The van der Waals surface area contributed by atoms with Crippen LogP contribution in [0.15, 0.2) is 48.5 Å². The molecule has 0 aliphatic rings. The number of carbonyl (C=O) groups is 3. The molecule has 0 unspecified atom stereocenters. The molecule has 0 atom stereocenters. The monoisotopic (exact) mass is 395 g/mol. The number of ether oxygens (including phenoxy) is 1. The second-order valence-corrected chi connectivity index (χ2v) is 5.46. The second kappa shape index (κ2) is 8.89. The fraction of sp³-hybridized carbons (Fsp3) is 0.167. The van der Waals surface area contributed by atoms with Crippen LogP contribution in [0, 0.1) is 0 Å². The highest BCUT2D eigenvalue weighted by Crippen LogP contribution is 2.34. The standard InChI is InChI=1S/C18H16F3N3O4/c1-28-12-6-4-5-11(9-12)23-17(27)16(26)22-10-15(25)24-14-8-3-2-7-13(14)18(19,20)21/h2-9H,10H2,1H3,(H,22,26)(H,23,27)(H,24,25). The molecule has 2 aromatic rings. The van der Waals surface area contributed by atoms with Crippen LogP contribution in [0.25, 0.3) is 0 Å². The molecule has 0 saturated carbocycles. The maximum absolute atomic E-state index is 12.9. The molecule has 0 aliphatic heterocycles. The van der Waals surface area contributed by atoms with E-state index in [4.69, 9.17) is 4.74 Å². The Balaban J connectivity index is 1.90. The third-order valence-corrected chi connectivity index (χ3v) is 3.45. The van der Waals surface area contributed by atoms with Gasteiger partial charge in [-0.15, -0.1) is 0 Å². The molecule has 7 nitrogen and oxygen atoms in total. The zero-order valence-corrected chi connectivity index (χ0v) is 14.6. The summed E-state index contributed by atoms with van der Waals surface area (Å²) >= 11 is 0. The van der Waals surface area contributed by atoms with Gasteiger partial charge in [0.15, 0.2) is 0 Å². The minimum atomic E-state index is -4.65. The van der Waals surface area contributed by atoms with E-state index in [0.29, 0.717) is 11.4 Å². The van der Waals surface area contributed by atoms with E-state index >= 15 is 0 Å². The number of rotatable bonds is 5. The average molecular weight is 395 g/mol. The van der Waals surface area contributed by atoms with Crippen LogP contribution in [-0.2, 0) is 20.6 Å². The summed E-state index contributed by atoms with van der Waals surface area (Å²) < 4.78 is 43.7. The highest BCUT2D eigenvalue weighted by molar-refractivity contribution is 6.39. The van der Waals surface area contributed by atoms with Gasteiger partial charge in [0, 0.05) is 11.8 Å². The highest BCUT2D eigenvalue weighted by atomic mass is 19.4. The Hall–Kier alpha value is -3.56. The fourth-order valence-electron chi connectivity index (χ4n) is 2.16. The quantitative estimate of drug-likeness (QED) is 0.678. The summed E-state index contributed by atoms with van der Waals surface area (Å²) in [7, 11) is 1.43. The first kappa shape index (κ1) is 20.7. The fourth-order valence-corrected chi connectivity index (χ4v) is 2.16. The largest absolute Gasteiger partial charge is 0.497 e. The number of amides is 3. The molecule has 148 valence electrons. The van der Waals surface area contributed by atoms with Crippen LogP contribution >= 0.6 is 0 Å². The molecule has 0 bridgehead atoms. The second-order valence-electron chi connectivity index (χ2n) is 5.46. The lowest BCUT2D eigenvalue weighted by atomic mass is 10.1. The van der Waals surface area contributed by atoms with Crippen molar-refractivity contribution >= 4 is 29.1 Å². The van der Waals surface area contributed by atoms with Crippen molar-refractivity contribution in [1.82, 2.24) is 5.32 Å².